The first-order chi connectivity index (χ1) is 8.80. The van der Waals surface area contributed by atoms with Crippen molar-refractivity contribution in [3.05, 3.63) is 0 Å². The van der Waals surface area contributed by atoms with Crippen LogP contribution in [0.5, 0.6) is 0 Å². The van der Waals surface area contributed by atoms with Gasteiger partial charge < -0.3 is 15.0 Å². The number of carbonyl (C=O) groups is 1. The Morgan fingerprint density at radius 2 is 1.95 bits per heavy atom. The van der Waals surface area contributed by atoms with Gasteiger partial charge in [0.1, 0.15) is 5.60 Å². The van der Waals surface area contributed by atoms with Gasteiger partial charge >= 0.3 is 6.09 Å². The minimum absolute atomic E-state index is 0.254. The molecule has 0 aliphatic rings. The molecule has 0 heterocycles. The fourth-order valence-electron chi connectivity index (χ4n) is 1.77. The molecule has 0 radical (unpaired) electrons. The Hall–Kier alpha value is -0.770. The summed E-state index contributed by atoms with van der Waals surface area (Å²) in [4.78, 5) is 13.4. The summed E-state index contributed by atoms with van der Waals surface area (Å²) in [6, 6.07) is 0.562. The molecule has 0 aromatic heterocycles. The summed E-state index contributed by atoms with van der Waals surface area (Å²) in [6.07, 6.45) is 4.58. The van der Waals surface area contributed by atoms with Crippen LogP contribution in [0.2, 0.25) is 0 Å². The average molecular weight is 272 g/mol. The van der Waals surface area contributed by atoms with Crippen LogP contribution in [0.15, 0.2) is 0 Å². The maximum atomic E-state index is 11.8. The van der Waals surface area contributed by atoms with Gasteiger partial charge in [0.2, 0.25) is 0 Å². The van der Waals surface area contributed by atoms with Crippen LogP contribution in [0.4, 0.5) is 4.79 Å². The van der Waals surface area contributed by atoms with E-state index in [1.54, 1.807) is 11.9 Å². The first-order valence-electron chi connectivity index (χ1n) is 7.47. The van der Waals surface area contributed by atoms with Gasteiger partial charge in [-0.2, -0.15) is 0 Å². The van der Waals surface area contributed by atoms with Crippen molar-refractivity contribution < 1.29 is 9.53 Å². The predicted octanol–water partition coefficient (Wildman–Crippen LogP) is 3.41. The molecule has 0 saturated carbocycles. The molecule has 0 bridgehead atoms. The highest BCUT2D eigenvalue weighted by Gasteiger charge is 2.19. The van der Waals surface area contributed by atoms with Crippen LogP contribution in [-0.2, 0) is 4.74 Å². The molecule has 19 heavy (non-hydrogen) atoms. The number of likely N-dealkylation sites (N-methyl/N-ethyl adjacent to an activating group) is 1. The van der Waals surface area contributed by atoms with Crippen LogP contribution in [0.1, 0.15) is 60.3 Å². The van der Waals surface area contributed by atoms with E-state index in [0.717, 1.165) is 13.0 Å². The molecule has 0 aliphatic heterocycles. The van der Waals surface area contributed by atoms with E-state index in [9.17, 15) is 4.79 Å². The number of rotatable bonds is 8. The van der Waals surface area contributed by atoms with Gasteiger partial charge in [-0.3, -0.25) is 0 Å². The third-order valence-electron chi connectivity index (χ3n) is 2.98. The van der Waals surface area contributed by atoms with E-state index in [1.165, 1.54) is 19.3 Å². The maximum Gasteiger partial charge on any atom is 0.410 e. The van der Waals surface area contributed by atoms with Crippen molar-refractivity contribution >= 4 is 6.09 Å². The van der Waals surface area contributed by atoms with E-state index in [1.807, 2.05) is 20.8 Å². The molecule has 1 amide bonds. The first kappa shape index (κ1) is 18.2. The smallest absolute Gasteiger partial charge is 0.410 e. The van der Waals surface area contributed by atoms with Gasteiger partial charge in [-0.15, -0.1) is 0 Å². The van der Waals surface area contributed by atoms with Gasteiger partial charge in [0.05, 0.1) is 0 Å². The Labute approximate surface area is 118 Å². The lowest BCUT2D eigenvalue weighted by Gasteiger charge is -2.25. The standard InChI is InChI=1S/C15H32N2O2/c1-7-9-10-13(8-2)16-11-12-17(6)14(18)19-15(3,4)5/h13,16H,7-12H2,1-6H3. The lowest BCUT2D eigenvalue weighted by Crippen LogP contribution is -2.40. The second kappa shape index (κ2) is 9.18. The van der Waals surface area contributed by atoms with Crippen LogP contribution in [-0.4, -0.2) is 42.8 Å². The molecular weight excluding hydrogens is 240 g/mol. The topological polar surface area (TPSA) is 41.6 Å². The molecular formula is C15H32N2O2. The molecule has 0 aliphatic carbocycles. The number of unbranched alkanes of at least 4 members (excludes halogenated alkanes) is 1. The number of nitrogens with zero attached hydrogens (tertiary/aromatic N) is 1. The summed E-state index contributed by atoms with van der Waals surface area (Å²) in [7, 11) is 1.78. The van der Waals surface area contributed by atoms with Crippen molar-refractivity contribution in [2.24, 2.45) is 0 Å². The molecule has 114 valence electrons. The molecule has 1 unspecified atom stereocenters. The Balaban J connectivity index is 3.89. The van der Waals surface area contributed by atoms with Gasteiger partial charge in [0.15, 0.2) is 0 Å². The van der Waals surface area contributed by atoms with Gasteiger partial charge in [-0.1, -0.05) is 26.7 Å². The molecule has 0 aromatic rings. The van der Waals surface area contributed by atoms with E-state index in [2.05, 4.69) is 19.2 Å². The predicted molar refractivity (Wildman–Crippen MR) is 80.5 cm³/mol. The average Bonchev–Trinajstić information content (AvgIpc) is 2.31. The summed E-state index contributed by atoms with van der Waals surface area (Å²) < 4.78 is 5.31. The highest BCUT2D eigenvalue weighted by molar-refractivity contribution is 5.67. The number of nitrogens with one attached hydrogen (secondary N) is 1. The molecule has 0 rings (SSSR count). The zero-order valence-corrected chi connectivity index (χ0v) is 13.6. The maximum absolute atomic E-state index is 11.8. The number of hydrogen-bond donors (Lipinski definition) is 1. The van der Waals surface area contributed by atoms with Gasteiger partial charge in [-0.05, 0) is 33.6 Å². The van der Waals surface area contributed by atoms with Crippen molar-refractivity contribution in [3.63, 3.8) is 0 Å². The molecule has 0 aromatic carbocycles. The van der Waals surface area contributed by atoms with Gasteiger partial charge in [-0.25, -0.2) is 4.79 Å². The minimum Gasteiger partial charge on any atom is -0.444 e. The van der Waals surface area contributed by atoms with Crippen LogP contribution in [0, 0.1) is 0 Å². The summed E-state index contributed by atoms with van der Waals surface area (Å²) in [5.41, 5.74) is -0.425. The molecule has 0 spiro atoms. The fourth-order valence-corrected chi connectivity index (χ4v) is 1.77. The number of ether oxygens (including phenoxy) is 1. The second-order valence-corrected chi connectivity index (χ2v) is 6.10. The molecule has 1 atom stereocenters. The normalized spacial score (nSPS) is 13.2. The number of hydrogen-bond acceptors (Lipinski definition) is 3. The summed E-state index contributed by atoms with van der Waals surface area (Å²) >= 11 is 0. The van der Waals surface area contributed by atoms with E-state index in [0.29, 0.717) is 12.6 Å². The molecule has 1 N–H and O–H groups in total. The monoisotopic (exact) mass is 272 g/mol. The van der Waals surface area contributed by atoms with Crippen molar-refractivity contribution in [1.82, 2.24) is 10.2 Å². The van der Waals surface area contributed by atoms with Crippen molar-refractivity contribution in [1.29, 1.82) is 0 Å². The Morgan fingerprint density at radius 3 is 2.42 bits per heavy atom. The quantitative estimate of drug-likeness (QED) is 0.736. The van der Waals surface area contributed by atoms with Crippen LogP contribution in [0.3, 0.4) is 0 Å². The highest BCUT2D eigenvalue weighted by Crippen LogP contribution is 2.09. The first-order valence-corrected chi connectivity index (χ1v) is 7.47. The van der Waals surface area contributed by atoms with Crippen molar-refractivity contribution in [3.8, 4) is 0 Å². The Bertz CT molecular complexity index is 249. The van der Waals surface area contributed by atoms with Crippen LogP contribution in [0.25, 0.3) is 0 Å². The molecule has 4 heteroatoms. The lowest BCUT2D eigenvalue weighted by atomic mass is 10.1. The van der Waals surface area contributed by atoms with E-state index < -0.39 is 5.60 Å². The van der Waals surface area contributed by atoms with E-state index >= 15 is 0 Å². The number of carbonyl (C=O) groups excluding carboxylic acids is 1. The van der Waals surface area contributed by atoms with Crippen molar-refractivity contribution in [2.75, 3.05) is 20.1 Å². The van der Waals surface area contributed by atoms with E-state index in [-0.39, 0.29) is 6.09 Å². The van der Waals surface area contributed by atoms with E-state index in [4.69, 9.17) is 4.74 Å². The zero-order chi connectivity index (χ0) is 14.9. The lowest BCUT2D eigenvalue weighted by molar-refractivity contribution is 0.0299. The highest BCUT2D eigenvalue weighted by atomic mass is 16.6. The molecule has 0 saturated heterocycles. The molecule has 4 nitrogen and oxygen atoms in total. The van der Waals surface area contributed by atoms with Crippen LogP contribution < -0.4 is 5.32 Å². The van der Waals surface area contributed by atoms with Crippen molar-refractivity contribution in [2.45, 2.75) is 71.9 Å². The Morgan fingerprint density at radius 1 is 1.32 bits per heavy atom. The third-order valence-corrected chi connectivity index (χ3v) is 2.98. The third kappa shape index (κ3) is 9.77. The van der Waals surface area contributed by atoms with Gasteiger partial charge in [0.25, 0.3) is 0 Å². The summed E-state index contributed by atoms with van der Waals surface area (Å²) in [5.74, 6) is 0. The Kier molecular flexibility index (Phi) is 8.81. The molecule has 0 fully saturated rings. The summed E-state index contributed by atoms with van der Waals surface area (Å²) in [5, 5.41) is 3.50. The second-order valence-electron chi connectivity index (χ2n) is 6.10. The largest absolute Gasteiger partial charge is 0.444 e. The van der Waals surface area contributed by atoms with Crippen LogP contribution >= 0.6 is 0 Å². The van der Waals surface area contributed by atoms with Gasteiger partial charge in [0, 0.05) is 26.2 Å². The minimum atomic E-state index is -0.425. The number of amides is 1. The summed E-state index contributed by atoms with van der Waals surface area (Å²) in [6.45, 7) is 11.6. The zero-order valence-electron chi connectivity index (χ0n) is 13.6. The fraction of sp³-hybridized carbons (Fsp3) is 0.933. The SMILES string of the molecule is CCCCC(CC)NCCN(C)C(=O)OC(C)(C)C.